The minimum absolute atomic E-state index is 0.150. The van der Waals surface area contributed by atoms with Gasteiger partial charge in [0.05, 0.1) is 0 Å². The van der Waals surface area contributed by atoms with E-state index in [2.05, 4.69) is 10.6 Å². The molecule has 1 saturated carbocycles. The predicted octanol–water partition coefficient (Wildman–Crippen LogP) is 2.21. The van der Waals surface area contributed by atoms with Crippen molar-refractivity contribution >= 4 is 17.6 Å². The fourth-order valence-electron chi connectivity index (χ4n) is 2.71. The Bertz CT molecular complexity index is 506. The number of anilines is 1. The van der Waals surface area contributed by atoms with Crippen molar-refractivity contribution in [1.29, 1.82) is 0 Å². The number of nitrogens with zero attached hydrogens (tertiary/aromatic N) is 1. The maximum Gasteiger partial charge on any atom is 0.319 e. The zero-order chi connectivity index (χ0) is 14.7. The van der Waals surface area contributed by atoms with Gasteiger partial charge in [-0.1, -0.05) is 18.2 Å². The van der Waals surface area contributed by atoms with Gasteiger partial charge in [0.25, 0.3) is 0 Å². The Balaban J connectivity index is 1.42. The molecule has 1 saturated heterocycles. The Labute approximate surface area is 124 Å². The van der Waals surface area contributed by atoms with Crippen LogP contribution < -0.4 is 10.6 Å². The number of carbonyl (C=O) groups is 2. The zero-order valence-corrected chi connectivity index (χ0v) is 12.0. The Morgan fingerprint density at radius 2 is 1.67 bits per heavy atom. The first-order valence-electron chi connectivity index (χ1n) is 7.64. The van der Waals surface area contributed by atoms with Crippen LogP contribution in [0.15, 0.2) is 30.3 Å². The van der Waals surface area contributed by atoms with Gasteiger partial charge in [0.1, 0.15) is 0 Å². The summed E-state index contributed by atoms with van der Waals surface area (Å²) in [6.07, 6.45) is 3.77. The SMILES string of the molecule is O=C(Nc1ccccc1)NC1CCN(C(=O)C2CC2)CC1. The summed E-state index contributed by atoms with van der Waals surface area (Å²) in [5, 5.41) is 5.80. The van der Waals surface area contributed by atoms with E-state index in [1.807, 2.05) is 35.2 Å². The van der Waals surface area contributed by atoms with Crippen LogP contribution >= 0.6 is 0 Å². The molecule has 0 unspecified atom stereocenters. The summed E-state index contributed by atoms with van der Waals surface area (Å²) in [6.45, 7) is 1.51. The standard InChI is InChI=1S/C16H21N3O2/c20-15(12-6-7-12)19-10-8-14(9-11-19)18-16(21)17-13-4-2-1-3-5-13/h1-5,12,14H,6-11H2,(H2,17,18,21). The maximum absolute atomic E-state index is 12.0. The van der Waals surface area contributed by atoms with Crippen LogP contribution in [0.1, 0.15) is 25.7 Å². The fourth-order valence-corrected chi connectivity index (χ4v) is 2.71. The summed E-state index contributed by atoms with van der Waals surface area (Å²) in [5.74, 6) is 0.595. The van der Waals surface area contributed by atoms with Gasteiger partial charge in [0.15, 0.2) is 0 Å². The molecule has 5 nitrogen and oxygen atoms in total. The lowest BCUT2D eigenvalue weighted by Crippen LogP contribution is -2.47. The Kier molecular flexibility index (Phi) is 4.08. The molecule has 0 radical (unpaired) electrons. The topological polar surface area (TPSA) is 61.4 Å². The maximum atomic E-state index is 12.0. The second kappa shape index (κ2) is 6.16. The number of rotatable bonds is 3. The van der Waals surface area contributed by atoms with Crippen LogP contribution in [0.5, 0.6) is 0 Å². The van der Waals surface area contributed by atoms with Crippen molar-refractivity contribution in [3.63, 3.8) is 0 Å². The van der Waals surface area contributed by atoms with Crippen LogP contribution in [0.4, 0.5) is 10.5 Å². The average molecular weight is 287 g/mol. The highest BCUT2D eigenvalue weighted by Crippen LogP contribution is 2.31. The Morgan fingerprint density at radius 1 is 1.00 bits per heavy atom. The number of amides is 3. The van der Waals surface area contributed by atoms with Crippen molar-refractivity contribution in [2.24, 2.45) is 5.92 Å². The number of hydrogen-bond acceptors (Lipinski definition) is 2. The van der Waals surface area contributed by atoms with Crippen molar-refractivity contribution in [2.75, 3.05) is 18.4 Å². The largest absolute Gasteiger partial charge is 0.342 e. The van der Waals surface area contributed by atoms with E-state index in [4.69, 9.17) is 0 Å². The van der Waals surface area contributed by atoms with Crippen molar-refractivity contribution < 1.29 is 9.59 Å². The number of benzene rings is 1. The van der Waals surface area contributed by atoms with Gasteiger partial charge >= 0.3 is 6.03 Å². The molecule has 1 aromatic rings. The summed E-state index contributed by atoms with van der Waals surface area (Å²) in [7, 11) is 0. The molecule has 0 atom stereocenters. The fraction of sp³-hybridized carbons (Fsp3) is 0.500. The predicted molar refractivity (Wildman–Crippen MR) is 80.9 cm³/mol. The molecule has 1 heterocycles. The van der Waals surface area contributed by atoms with Gasteiger partial charge in [-0.05, 0) is 37.8 Å². The molecule has 112 valence electrons. The molecular weight excluding hydrogens is 266 g/mol. The molecule has 2 N–H and O–H groups in total. The molecule has 1 aliphatic heterocycles. The molecule has 2 aliphatic rings. The van der Waals surface area contributed by atoms with Crippen LogP contribution in [0.2, 0.25) is 0 Å². The molecule has 2 fully saturated rings. The second-order valence-corrected chi connectivity index (χ2v) is 5.84. The van der Waals surface area contributed by atoms with Gasteiger partial charge in [-0.25, -0.2) is 4.79 Å². The number of carbonyl (C=O) groups excluding carboxylic acids is 2. The summed E-state index contributed by atoms with van der Waals surface area (Å²) in [5.41, 5.74) is 0.788. The number of nitrogens with one attached hydrogen (secondary N) is 2. The summed E-state index contributed by atoms with van der Waals surface area (Å²) in [6, 6.07) is 9.38. The van der Waals surface area contributed by atoms with E-state index in [1.165, 1.54) is 0 Å². The normalized spacial score (nSPS) is 19.1. The third-order valence-electron chi connectivity index (χ3n) is 4.10. The number of urea groups is 1. The zero-order valence-electron chi connectivity index (χ0n) is 12.0. The van der Waals surface area contributed by atoms with E-state index in [0.717, 1.165) is 44.5 Å². The van der Waals surface area contributed by atoms with Crippen molar-refractivity contribution in [3.8, 4) is 0 Å². The van der Waals surface area contributed by atoms with Gasteiger partial charge in [-0.15, -0.1) is 0 Å². The highest BCUT2D eigenvalue weighted by molar-refractivity contribution is 5.89. The molecule has 5 heteroatoms. The lowest BCUT2D eigenvalue weighted by Gasteiger charge is -2.32. The highest BCUT2D eigenvalue weighted by Gasteiger charge is 2.35. The van der Waals surface area contributed by atoms with Gasteiger partial charge in [0, 0.05) is 30.7 Å². The third kappa shape index (κ3) is 3.74. The Morgan fingerprint density at radius 3 is 2.29 bits per heavy atom. The van der Waals surface area contributed by atoms with Crippen LogP contribution in [0, 0.1) is 5.92 Å². The van der Waals surface area contributed by atoms with E-state index < -0.39 is 0 Å². The first-order valence-corrected chi connectivity index (χ1v) is 7.64. The molecule has 0 aromatic heterocycles. The molecule has 0 bridgehead atoms. The van der Waals surface area contributed by atoms with Crippen molar-refractivity contribution in [3.05, 3.63) is 30.3 Å². The van der Waals surface area contributed by atoms with E-state index in [-0.39, 0.29) is 18.0 Å². The number of hydrogen-bond donors (Lipinski definition) is 2. The summed E-state index contributed by atoms with van der Waals surface area (Å²) in [4.78, 5) is 25.8. The molecule has 21 heavy (non-hydrogen) atoms. The van der Waals surface area contributed by atoms with Gasteiger partial charge in [-0.2, -0.15) is 0 Å². The van der Waals surface area contributed by atoms with Gasteiger partial charge in [0.2, 0.25) is 5.91 Å². The lowest BCUT2D eigenvalue weighted by atomic mass is 10.0. The van der Waals surface area contributed by atoms with Gasteiger partial charge in [-0.3, -0.25) is 4.79 Å². The molecular formula is C16H21N3O2. The van der Waals surface area contributed by atoms with E-state index in [0.29, 0.717) is 5.91 Å². The summed E-state index contributed by atoms with van der Waals surface area (Å²) >= 11 is 0. The number of piperidine rings is 1. The second-order valence-electron chi connectivity index (χ2n) is 5.84. The van der Waals surface area contributed by atoms with Crippen LogP contribution in [0.3, 0.4) is 0 Å². The van der Waals surface area contributed by atoms with Crippen LogP contribution in [-0.2, 0) is 4.79 Å². The first kappa shape index (κ1) is 13.9. The van der Waals surface area contributed by atoms with Crippen molar-refractivity contribution in [1.82, 2.24) is 10.2 Å². The van der Waals surface area contributed by atoms with E-state index in [1.54, 1.807) is 0 Å². The quantitative estimate of drug-likeness (QED) is 0.895. The molecule has 3 amide bonds. The highest BCUT2D eigenvalue weighted by atomic mass is 16.2. The lowest BCUT2D eigenvalue weighted by molar-refractivity contribution is -0.133. The molecule has 1 aromatic carbocycles. The number of likely N-dealkylation sites (tertiary alicyclic amines) is 1. The summed E-state index contributed by atoms with van der Waals surface area (Å²) < 4.78 is 0. The van der Waals surface area contributed by atoms with E-state index in [9.17, 15) is 9.59 Å². The molecule has 1 aliphatic carbocycles. The molecule has 0 spiro atoms. The van der Waals surface area contributed by atoms with Crippen molar-refractivity contribution in [2.45, 2.75) is 31.7 Å². The monoisotopic (exact) mass is 287 g/mol. The van der Waals surface area contributed by atoms with Crippen LogP contribution in [0.25, 0.3) is 0 Å². The minimum Gasteiger partial charge on any atom is -0.342 e. The number of para-hydroxylation sites is 1. The minimum atomic E-state index is -0.173. The van der Waals surface area contributed by atoms with Crippen LogP contribution in [-0.4, -0.2) is 36.0 Å². The Hall–Kier alpha value is -2.04. The third-order valence-corrected chi connectivity index (χ3v) is 4.10. The molecule has 3 rings (SSSR count). The van der Waals surface area contributed by atoms with E-state index >= 15 is 0 Å². The average Bonchev–Trinajstić information content (AvgIpc) is 3.33. The first-order chi connectivity index (χ1) is 10.2. The smallest absolute Gasteiger partial charge is 0.319 e. The van der Waals surface area contributed by atoms with Gasteiger partial charge < -0.3 is 15.5 Å².